The lowest BCUT2D eigenvalue weighted by Crippen LogP contribution is -2.35. The van der Waals surface area contributed by atoms with Crippen molar-refractivity contribution in [3.05, 3.63) is 41.1 Å². The first kappa shape index (κ1) is 16.4. The Morgan fingerprint density at radius 3 is 2.88 bits per heavy atom. The maximum Gasteiger partial charge on any atom is 0.175 e. The zero-order chi connectivity index (χ0) is 17.4. The first-order valence-corrected chi connectivity index (χ1v) is 10.9. The Labute approximate surface area is 150 Å². The molecule has 0 bridgehead atoms. The van der Waals surface area contributed by atoms with Crippen molar-refractivity contribution in [3.63, 3.8) is 0 Å². The highest BCUT2D eigenvalue weighted by atomic mass is 32.2. The van der Waals surface area contributed by atoms with Crippen molar-refractivity contribution < 1.29 is 8.42 Å². The van der Waals surface area contributed by atoms with Crippen LogP contribution in [0.5, 0.6) is 0 Å². The number of nitrogens with zero attached hydrogens (tertiary/aromatic N) is 4. The molecule has 0 N–H and O–H groups in total. The van der Waals surface area contributed by atoms with E-state index in [1.807, 2.05) is 11.6 Å². The van der Waals surface area contributed by atoms with Crippen LogP contribution in [-0.4, -0.2) is 42.7 Å². The normalized spacial score (nSPS) is 18.6. The van der Waals surface area contributed by atoms with Gasteiger partial charge in [0.1, 0.15) is 12.1 Å². The summed E-state index contributed by atoms with van der Waals surface area (Å²) in [4.78, 5) is 15.7. The Hall–Kier alpha value is -2.06. The molecule has 1 fully saturated rings. The van der Waals surface area contributed by atoms with Gasteiger partial charge in [0, 0.05) is 42.2 Å². The van der Waals surface area contributed by atoms with Crippen LogP contribution in [0.3, 0.4) is 0 Å². The zero-order valence-electron chi connectivity index (χ0n) is 13.8. The molecule has 1 atom stereocenters. The Balaban J connectivity index is 1.75. The lowest BCUT2D eigenvalue weighted by molar-refractivity contribution is 0.506. The van der Waals surface area contributed by atoms with Crippen LogP contribution in [-0.2, 0) is 9.84 Å². The largest absolute Gasteiger partial charge is 0.355 e. The second kappa shape index (κ2) is 6.34. The fourth-order valence-electron chi connectivity index (χ4n) is 3.31. The van der Waals surface area contributed by atoms with Gasteiger partial charge in [-0.1, -0.05) is 0 Å². The number of benzene rings is 1. The third-order valence-electron chi connectivity index (χ3n) is 4.54. The number of aromatic nitrogens is 3. The molecular formula is C17H18N4O2S2. The fourth-order valence-corrected chi connectivity index (χ4v) is 4.73. The Morgan fingerprint density at radius 1 is 1.24 bits per heavy atom. The highest BCUT2D eigenvalue weighted by Gasteiger charge is 2.25. The van der Waals surface area contributed by atoms with E-state index in [2.05, 4.69) is 19.9 Å². The minimum Gasteiger partial charge on any atom is -0.355 e. The molecule has 4 rings (SSSR count). The van der Waals surface area contributed by atoms with Crippen molar-refractivity contribution in [2.75, 3.05) is 24.2 Å². The molecule has 3 heterocycles. The van der Waals surface area contributed by atoms with Gasteiger partial charge in [-0.05, 0) is 31.0 Å². The van der Waals surface area contributed by atoms with Gasteiger partial charge in [-0.3, -0.25) is 0 Å². The number of fused-ring (bicyclic) bond motifs is 1. The molecule has 1 aliphatic heterocycles. The van der Waals surface area contributed by atoms with E-state index in [-0.39, 0.29) is 0 Å². The van der Waals surface area contributed by atoms with Crippen LogP contribution in [0.4, 0.5) is 5.82 Å². The van der Waals surface area contributed by atoms with E-state index >= 15 is 0 Å². The summed E-state index contributed by atoms with van der Waals surface area (Å²) in [6.45, 7) is 1.74. The second-order valence-electron chi connectivity index (χ2n) is 6.30. The summed E-state index contributed by atoms with van der Waals surface area (Å²) in [5.74, 6) is 1.19. The lowest BCUT2D eigenvalue weighted by Gasteiger charge is -2.33. The summed E-state index contributed by atoms with van der Waals surface area (Å²) in [6.07, 6.45) is 6.78. The number of rotatable bonds is 3. The molecule has 0 radical (unpaired) electrons. The molecule has 6 nitrogen and oxygen atoms in total. The molecule has 0 amide bonds. The standard InChI is InChI=1S/C17H18N4O2S2/c1-25(22,23)13-4-5-15-14(9-13)16(20-11-19-15)21-7-2-3-12(10-21)17-18-6-8-24-17/h4-6,8-9,11-12H,2-3,7,10H2,1H3. The molecule has 0 aliphatic carbocycles. The van der Waals surface area contributed by atoms with Gasteiger partial charge >= 0.3 is 0 Å². The molecule has 8 heteroatoms. The Bertz CT molecular complexity index is 1000. The Morgan fingerprint density at radius 2 is 2.12 bits per heavy atom. The third kappa shape index (κ3) is 3.23. The summed E-state index contributed by atoms with van der Waals surface area (Å²) in [6, 6.07) is 5.04. The molecule has 0 saturated carbocycles. The minimum absolute atomic E-state index is 0.296. The van der Waals surface area contributed by atoms with E-state index in [0.717, 1.165) is 47.7 Å². The number of hydrogen-bond acceptors (Lipinski definition) is 7. The van der Waals surface area contributed by atoms with Gasteiger partial charge < -0.3 is 4.90 Å². The molecular weight excluding hydrogens is 356 g/mol. The zero-order valence-corrected chi connectivity index (χ0v) is 15.4. The molecule has 0 spiro atoms. The van der Waals surface area contributed by atoms with Gasteiger partial charge in [0.25, 0.3) is 0 Å². The molecule has 1 unspecified atom stereocenters. The molecule has 1 aliphatic rings. The smallest absolute Gasteiger partial charge is 0.175 e. The summed E-state index contributed by atoms with van der Waals surface area (Å²) in [5, 5.41) is 3.94. The molecule has 25 heavy (non-hydrogen) atoms. The molecule has 1 saturated heterocycles. The topological polar surface area (TPSA) is 76.1 Å². The van der Waals surface area contributed by atoms with Crippen molar-refractivity contribution in [2.45, 2.75) is 23.7 Å². The molecule has 2 aromatic heterocycles. The summed E-state index contributed by atoms with van der Waals surface area (Å²) >= 11 is 1.69. The van der Waals surface area contributed by atoms with Gasteiger partial charge in [0.2, 0.25) is 0 Å². The SMILES string of the molecule is CS(=O)(=O)c1ccc2ncnc(N3CCCC(c4nccs4)C3)c2c1. The van der Waals surface area contributed by atoms with E-state index in [9.17, 15) is 8.42 Å². The van der Waals surface area contributed by atoms with Crippen molar-refractivity contribution in [1.82, 2.24) is 15.0 Å². The van der Waals surface area contributed by atoms with Crippen LogP contribution in [0.15, 0.2) is 41.0 Å². The molecule has 3 aromatic rings. The van der Waals surface area contributed by atoms with Gasteiger partial charge in [0.05, 0.1) is 15.4 Å². The first-order chi connectivity index (χ1) is 12.0. The highest BCUT2D eigenvalue weighted by molar-refractivity contribution is 7.90. The van der Waals surface area contributed by atoms with Crippen molar-refractivity contribution in [3.8, 4) is 0 Å². The molecule has 1 aromatic carbocycles. The minimum atomic E-state index is -3.27. The predicted octanol–water partition coefficient (Wildman–Crippen LogP) is 2.87. The van der Waals surface area contributed by atoms with Crippen LogP contribution < -0.4 is 4.90 Å². The first-order valence-electron chi connectivity index (χ1n) is 8.11. The van der Waals surface area contributed by atoms with E-state index < -0.39 is 9.84 Å². The highest BCUT2D eigenvalue weighted by Crippen LogP contribution is 2.33. The summed E-state index contributed by atoms with van der Waals surface area (Å²) in [7, 11) is -3.27. The predicted molar refractivity (Wildman–Crippen MR) is 98.9 cm³/mol. The van der Waals surface area contributed by atoms with Crippen molar-refractivity contribution >= 4 is 37.9 Å². The van der Waals surface area contributed by atoms with Gasteiger partial charge in [0.15, 0.2) is 9.84 Å². The van der Waals surface area contributed by atoms with Crippen LogP contribution in [0.25, 0.3) is 10.9 Å². The van der Waals surface area contributed by atoms with E-state index in [1.165, 1.54) is 6.26 Å². The van der Waals surface area contributed by atoms with E-state index in [1.54, 1.807) is 35.9 Å². The van der Waals surface area contributed by atoms with Gasteiger partial charge in [-0.15, -0.1) is 11.3 Å². The van der Waals surface area contributed by atoms with Crippen molar-refractivity contribution in [1.29, 1.82) is 0 Å². The van der Waals surface area contributed by atoms with Gasteiger partial charge in [-0.25, -0.2) is 23.4 Å². The number of piperidine rings is 1. The second-order valence-corrected chi connectivity index (χ2v) is 9.25. The monoisotopic (exact) mass is 374 g/mol. The maximum atomic E-state index is 11.9. The van der Waals surface area contributed by atoms with Gasteiger partial charge in [-0.2, -0.15) is 0 Å². The van der Waals surface area contributed by atoms with Crippen LogP contribution in [0.2, 0.25) is 0 Å². The number of hydrogen-bond donors (Lipinski definition) is 0. The lowest BCUT2D eigenvalue weighted by atomic mass is 9.98. The van der Waals surface area contributed by atoms with Crippen LogP contribution in [0.1, 0.15) is 23.8 Å². The number of anilines is 1. The number of thiazole rings is 1. The van der Waals surface area contributed by atoms with Crippen molar-refractivity contribution in [2.24, 2.45) is 0 Å². The third-order valence-corrected chi connectivity index (χ3v) is 6.58. The molecule has 130 valence electrons. The van der Waals surface area contributed by atoms with E-state index in [0.29, 0.717) is 10.8 Å². The summed E-state index contributed by atoms with van der Waals surface area (Å²) in [5.41, 5.74) is 0.758. The fraction of sp³-hybridized carbons (Fsp3) is 0.353. The Kier molecular flexibility index (Phi) is 4.16. The quantitative estimate of drug-likeness (QED) is 0.702. The van der Waals surface area contributed by atoms with Crippen LogP contribution >= 0.6 is 11.3 Å². The summed E-state index contributed by atoms with van der Waals surface area (Å²) < 4.78 is 23.8. The van der Waals surface area contributed by atoms with Crippen LogP contribution in [0, 0.1) is 0 Å². The van der Waals surface area contributed by atoms with E-state index in [4.69, 9.17) is 0 Å². The maximum absolute atomic E-state index is 11.9. The average Bonchev–Trinajstić information content (AvgIpc) is 3.15. The average molecular weight is 374 g/mol. The number of sulfone groups is 1.